The van der Waals surface area contributed by atoms with E-state index in [1.807, 2.05) is 6.20 Å². The molecule has 0 spiro atoms. The molecule has 0 saturated heterocycles. The maximum atomic E-state index is 6.09. The van der Waals surface area contributed by atoms with Crippen LogP contribution in [0.2, 0.25) is 0 Å². The maximum absolute atomic E-state index is 6.09. The number of nitrogens with two attached hydrogens (primary N) is 1. The van der Waals surface area contributed by atoms with Gasteiger partial charge in [-0.3, -0.25) is 0 Å². The number of hydrogen-bond acceptors (Lipinski definition) is 2. The second kappa shape index (κ2) is 4.58. The molecule has 1 aliphatic carbocycles. The third-order valence-corrected chi connectivity index (χ3v) is 4.20. The number of rotatable bonds is 3. The molecule has 3 N–H and O–H groups in total. The summed E-state index contributed by atoms with van der Waals surface area (Å²) in [5.41, 5.74) is 8.81. The molecule has 3 heteroatoms. The first-order valence-corrected chi connectivity index (χ1v) is 6.65. The summed E-state index contributed by atoms with van der Waals surface area (Å²) in [6, 6.07) is 8.54. The lowest BCUT2D eigenvalue weighted by Crippen LogP contribution is -2.32. The number of hydrogen-bond donors (Lipinski definition) is 2. The van der Waals surface area contributed by atoms with Crippen LogP contribution in [0, 0.1) is 0 Å². The lowest BCUT2D eigenvalue weighted by Gasteiger charge is -2.29. The van der Waals surface area contributed by atoms with E-state index in [9.17, 15) is 0 Å². The van der Waals surface area contributed by atoms with Crippen LogP contribution in [0.4, 0.5) is 0 Å². The average Bonchev–Trinajstić information content (AvgIpc) is 3.11. The zero-order valence-corrected chi connectivity index (χ0v) is 10.5. The van der Waals surface area contributed by atoms with Gasteiger partial charge in [-0.2, -0.15) is 0 Å². The van der Waals surface area contributed by atoms with Crippen molar-refractivity contribution in [1.82, 2.24) is 9.97 Å². The molecule has 1 aromatic carbocycles. The van der Waals surface area contributed by atoms with Gasteiger partial charge in [0.25, 0.3) is 0 Å². The van der Waals surface area contributed by atoms with Crippen LogP contribution >= 0.6 is 0 Å². The Hall–Kier alpha value is -1.61. The van der Waals surface area contributed by atoms with Crippen LogP contribution in [0.3, 0.4) is 0 Å². The molecule has 0 bridgehead atoms. The highest BCUT2D eigenvalue weighted by Gasteiger charge is 2.36. The van der Waals surface area contributed by atoms with Gasteiger partial charge in [0.2, 0.25) is 0 Å². The van der Waals surface area contributed by atoms with Gasteiger partial charge >= 0.3 is 0 Å². The van der Waals surface area contributed by atoms with Gasteiger partial charge in [-0.15, -0.1) is 0 Å². The monoisotopic (exact) mass is 241 g/mol. The standard InChI is InChI=1S/C15H19N3/c16-11-15(7-3-4-8-15)13-6-2-1-5-12(13)14-17-9-10-18-14/h1-2,5-6,9-10H,3-4,7-8,11,16H2,(H,17,18). The molecule has 3 rings (SSSR count). The Bertz CT molecular complexity index is 510. The number of nitrogens with one attached hydrogen (secondary N) is 1. The van der Waals surface area contributed by atoms with Crippen LogP contribution in [0.15, 0.2) is 36.7 Å². The molecule has 94 valence electrons. The van der Waals surface area contributed by atoms with Gasteiger partial charge in [-0.1, -0.05) is 37.1 Å². The first-order valence-electron chi connectivity index (χ1n) is 6.65. The third-order valence-electron chi connectivity index (χ3n) is 4.20. The second-order valence-electron chi connectivity index (χ2n) is 5.17. The fraction of sp³-hybridized carbons (Fsp3) is 0.400. The summed E-state index contributed by atoms with van der Waals surface area (Å²) < 4.78 is 0. The molecule has 1 saturated carbocycles. The van der Waals surface area contributed by atoms with Crippen molar-refractivity contribution in [2.24, 2.45) is 5.73 Å². The summed E-state index contributed by atoms with van der Waals surface area (Å²) in [5, 5.41) is 0. The summed E-state index contributed by atoms with van der Waals surface area (Å²) in [6.45, 7) is 0.727. The molecule has 0 amide bonds. The van der Waals surface area contributed by atoms with E-state index in [0.29, 0.717) is 0 Å². The second-order valence-corrected chi connectivity index (χ2v) is 5.17. The van der Waals surface area contributed by atoms with Crippen LogP contribution in [0.5, 0.6) is 0 Å². The van der Waals surface area contributed by atoms with Gasteiger partial charge in [0.1, 0.15) is 5.82 Å². The van der Waals surface area contributed by atoms with Crippen molar-refractivity contribution in [3.05, 3.63) is 42.2 Å². The molecule has 0 aliphatic heterocycles. The van der Waals surface area contributed by atoms with Crippen LogP contribution in [0.1, 0.15) is 31.2 Å². The number of H-pyrrole nitrogens is 1. The minimum absolute atomic E-state index is 0.156. The Morgan fingerprint density at radius 1 is 1.22 bits per heavy atom. The van der Waals surface area contributed by atoms with Crippen molar-refractivity contribution in [3.63, 3.8) is 0 Å². The molecular weight excluding hydrogens is 222 g/mol. The van der Waals surface area contributed by atoms with Gasteiger partial charge in [0.15, 0.2) is 0 Å². The molecule has 18 heavy (non-hydrogen) atoms. The largest absolute Gasteiger partial charge is 0.345 e. The molecule has 0 unspecified atom stereocenters. The molecule has 1 aromatic heterocycles. The van der Waals surface area contributed by atoms with Crippen LogP contribution in [-0.2, 0) is 5.41 Å². The highest BCUT2D eigenvalue weighted by atomic mass is 14.9. The van der Waals surface area contributed by atoms with E-state index in [-0.39, 0.29) is 5.41 Å². The molecule has 0 radical (unpaired) electrons. The number of nitrogens with zero attached hydrogens (tertiary/aromatic N) is 1. The summed E-state index contributed by atoms with van der Waals surface area (Å²) in [7, 11) is 0. The summed E-state index contributed by atoms with van der Waals surface area (Å²) >= 11 is 0. The van der Waals surface area contributed by atoms with E-state index in [0.717, 1.165) is 12.4 Å². The number of imidazole rings is 1. The zero-order chi connectivity index (χ0) is 12.4. The fourth-order valence-corrected chi connectivity index (χ4v) is 3.20. The van der Waals surface area contributed by atoms with E-state index in [2.05, 4.69) is 34.2 Å². The summed E-state index contributed by atoms with van der Waals surface area (Å²) in [5.74, 6) is 0.949. The molecule has 2 aromatic rings. The minimum atomic E-state index is 0.156. The molecule has 1 fully saturated rings. The van der Waals surface area contributed by atoms with Crippen molar-refractivity contribution in [1.29, 1.82) is 0 Å². The molecular formula is C15H19N3. The zero-order valence-electron chi connectivity index (χ0n) is 10.5. The normalized spacial score (nSPS) is 18.1. The van der Waals surface area contributed by atoms with Crippen molar-refractivity contribution in [2.75, 3.05) is 6.54 Å². The van der Waals surface area contributed by atoms with Gasteiger partial charge in [0.05, 0.1) is 0 Å². The fourth-order valence-electron chi connectivity index (χ4n) is 3.20. The van der Waals surface area contributed by atoms with Crippen LogP contribution in [-0.4, -0.2) is 16.5 Å². The molecule has 3 nitrogen and oxygen atoms in total. The lowest BCUT2D eigenvalue weighted by atomic mass is 9.76. The summed E-state index contributed by atoms with van der Waals surface area (Å²) in [6.07, 6.45) is 8.63. The quantitative estimate of drug-likeness (QED) is 0.868. The first-order chi connectivity index (χ1) is 8.86. The van der Waals surface area contributed by atoms with Crippen molar-refractivity contribution < 1.29 is 0 Å². The Kier molecular flexibility index (Phi) is 2.92. The lowest BCUT2D eigenvalue weighted by molar-refractivity contribution is 0.454. The van der Waals surface area contributed by atoms with E-state index in [1.165, 1.54) is 36.8 Å². The SMILES string of the molecule is NCC1(c2ccccc2-c2ncc[nH]2)CCCC1. The van der Waals surface area contributed by atoms with Gasteiger partial charge in [-0.05, 0) is 18.4 Å². The van der Waals surface area contributed by atoms with Gasteiger partial charge < -0.3 is 10.7 Å². The maximum Gasteiger partial charge on any atom is 0.137 e. The Morgan fingerprint density at radius 2 is 2.00 bits per heavy atom. The highest BCUT2D eigenvalue weighted by Crippen LogP contribution is 2.43. The van der Waals surface area contributed by atoms with Crippen LogP contribution < -0.4 is 5.73 Å². The Balaban J connectivity index is 2.12. The molecule has 0 atom stereocenters. The van der Waals surface area contributed by atoms with Crippen LogP contribution in [0.25, 0.3) is 11.4 Å². The minimum Gasteiger partial charge on any atom is -0.345 e. The number of benzene rings is 1. The predicted octanol–water partition coefficient (Wildman–Crippen LogP) is 2.85. The van der Waals surface area contributed by atoms with E-state index < -0.39 is 0 Å². The number of aromatic nitrogens is 2. The molecule has 1 aliphatic rings. The van der Waals surface area contributed by atoms with E-state index in [1.54, 1.807) is 6.20 Å². The van der Waals surface area contributed by atoms with Crippen molar-refractivity contribution in [2.45, 2.75) is 31.1 Å². The van der Waals surface area contributed by atoms with Crippen molar-refractivity contribution in [3.8, 4) is 11.4 Å². The Morgan fingerprint density at radius 3 is 2.67 bits per heavy atom. The van der Waals surface area contributed by atoms with Gasteiger partial charge in [0, 0.05) is 29.9 Å². The first kappa shape index (κ1) is 11.5. The number of aromatic amines is 1. The third kappa shape index (κ3) is 1.75. The summed E-state index contributed by atoms with van der Waals surface area (Å²) in [4.78, 5) is 7.59. The average molecular weight is 241 g/mol. The topological polar surface area (TPSA) is 54.7 Å². The van der Waals surface area contributed by atoms with E-state index >= 15 is 0 Å². The highest BCUT2D eigenvalue weighted by molar-refractivity contribution is 5.62. The predicted molar refractivity (Wildman–Crippen MR) is 73.2 cm³/mol. The smallest absolute Gasteiger partial charge is 0.137 e. The molecule has 1 heterocycles. The van der Waals surface area contributed by atoms with Gasteiger partial charge in [-0.25, -0.2) is 4.98 Å². The van der Waals surface area contributed by atoms with E-state index in [4.69, 9.17) is 5.73 Å². The Labute approximate surface area is 107 Å². The van der Waals surface area contributed by atoms with Crippen molar-refractivity contribution >= 4 is 0 Å².